The van der Waals surface area contributed by atoms with E-state index in [2.05, 4.69) is 22.2 Å². The van der Waals surface area contributed by atoms with Gasteiger partial charge < -0.3 is 24.6 Å². The van der Waals surface area contributed by atoms with E-state index in [1.54, 1.807) is 4.90 Å². The van der Waals surface area contributed by atoms with Crippen molar-refractivity contribution in [3.05, 3.63) is 36.2 Å². The number of nitrogens with one attached hydrogen (secondary N) is 1. The van der Waals surface area contributed by atoms with Crippen molar-refractivity contribution in [2.24, 2.45) is 0 Å². The van der Waals surface area contributed by atoms with Gasteiger partial charge >= 0.3 is 6.09 Å². The van der Waals surface area contributed by atoms with Crippen molar-refractivity contribution in [2.45, 2.75) is 52.2 Å². The third-order valence-corrected chi connectivity index (χ3v) is 6.51. The van der Waals surface area contributed by atoms with E-state index in [0.717, 1.165) is 54.2 Å². The summed E-state index contributed by atoms with van der Waals surface area (Å²) in [4.78, 5) is 26.7. The molecular formula is C26H35N7O3. The highest BCUT2D eigenvalue weighted by Crippen LogP contribution is 2.31. The topological polar surface area (TPSA) is 97.1 Å². The normalized spacial score (nSPS) is 18.9. The Labute approximate surface area is 211 Å². The molecule has 1 amide bonds. The first-order chi connectivity index (χ1) is 17.3. The van der Waals surface area contributed by atoms with Crippen LogP contribution in [0.2, 0.25) is 0 Å². The fourth-order valence-corrected chi connectivity index (χ4v) is 4.74. The summed E-state index contributed by atoms with van der Waals surface area (Å²) in [7, 11) is 0. The molecule has 3 aromatic rings. The van der Waals surface area contributed by atoms with E-state index in [1.807, 2.05) is 55.9 Å². The van der Waals surface area contributed by atoms with Gasteiger partial charge in [0.2, 0.25) is 0 Å². The number of amides is 1. The standard InChI is InChI=1S/C26H35N7O3/c1-18-22(28-19-8-7-10-32(17-19)25(34)36-26(2,3)4)29-23(30-24(18)31-12-14-35-15-13-31)20-16-27-33-11-6-5-9-21(20)33/h5-6,9,11,16,19H,7-8,10,12-15,17H2,1-4H3,(H,28,29,30)/t19-/m1/s1. The smallest absolute Gasteiger partial charge is 0.410 e. The number of likely N-dealkylation sites (tertiary alicyclic amines) is 1. The molecule has 192 valence electrons. The number of pyridine rings is 1. The largest absolute Gasteiger partial charge is 0.444 e. The van der Waals surface area contributed by atoms with Gasteiger partial charge in [-0.25, -0.2) is 19.3 Å². The van der Waals surface area contributed by atoms with Crippen molar-refractivity contribution < 1.29 is 14.3 Å². The van der Waals surface area contributed by atoms with Crippen molar-refractivity contribution in [3.63, 3.8) is 0 Å². The Bertz CT molecular complexity index is 1230. The Kier molecular flexibility index (Phi) is 6.70. The Hall–Kier alpha value is -3.40. The summed E-state index contributed by atoms with van der Waals surface area (Å²) in [5.74, 6) is 2.32. The fourth-order valence-electron chi connectivity index (χ4n) is 4.74. The summed E-state index contributed by atoms with van der Waals surface area (Å²) in [6, 6.07) is 6.02. The summed E-state index contributed by atoms with van der Waals surface area (Å²) in [6.07, 6.45) is 5.31. The zero-order chi connectivity index (χ0) is 25.3. The van der Waals surface area contributed by atoms with E-state index >= 15 is 0 Å². The maximum atomic E-state index is 12.7. The van der Waals surface area contributed by atoms with Crippen LogP contribution >= 0.6 is 0 Å². The van der Waals surface area contributed by atoms with Crippen LogP contribution in [0.3, 0.4) is 0 Å². The molecule has 0 saturated carbocycles. The highest BCUT2D eigenvalue weighted by atomic mass is 16.6. The zero-order valence-electron chi connectivity index (χ0n) is 21.5. The lowest BCUT2D eigenvalue weighted by Gasteiger charge is -2.35. The van der Waals surface area contributed by atoms with Crippen molar-refractivity contribution in [2.75, 3.05) is 49.6 Å². The molecule has 36 heavy (non-hydrogen) atoms. The average Bonchev–Trinajstić information content (AvgIpc) is 3.29. The van der Waals surface area contributed by atoms with Gasteiger partial charge in [0.25, 0.3) is 0 Å². The van der Waals surface area contributed by atoms with Crippen LogP contribution in [-0.2, 0) is 9.47 Å². The molecule has 2 aliphatic rings. The van der Waals surface area contributed by atoms with Gasteiger partial charge in [0.15, 0.2) is 5.82 Å². The van der Waals surface area contributed by atoms with Crippen LogP contribution in [0.5, 0.6) is 0 Å². The van der Waals surface area contributed by atoms with Crippen molar-refractivity contribution in [1.29, 1.82) is 0 Å². The molecule has 5 rings (SSSR count). The van der Waals surface area contributed by atoms with E-state index < -0.39 is 5.60 Å². The van der Waals surface area contributed by atoms with E-state index in [9.17, 15) is 4.79 Å². The Balaban J connectivity index is 1.46. The number of hydrogen-bond donors (Lipinski definition) is 1. The highest BCUT2D eigenvalue weighted by molar-refractivity contribution is 5.78. The van der Waals surface area contributed by atoms with E-state index in [1.165, 1.54) is 0 Å². The summed E-state index contributed by atoms with van der Waals surface area (Å²) in [5, 5.41) is 8.13. The number of nitrogens with zero attached hydrogens (tertiary/aromatic N) is 6. The van der Waals surface area contributed by atoms with Crippen molar-refractivity contribution in [3.8, 4) is 11.4 Å². The highest BCUT2D eigenvalue weighted by Gasteiger charge is 2.29. The van der Waals surface area contributed by atoms with Gasteiger partial charge in [0.05, 0.1) is 30.5 Å². The molecule has 2 aliphatic heterocycles. The lowest BCUT2D eigenvalue weighted by molar-refractivity contribution is 0.0206. The van der Waals surface area contributed by atoms with E-state index in [4.69, 9.17) is 19.4 Å². The number of morpholine rings is 1. The molecule has 10 heteroatoms. The first kappa shape index (κ1) is 24.3. The number of anilines is 2. The maximum absolute atomic E-state index is 12.7. The number of carbonyl (C=O) groups excluding carboxylic acids is 1. The van der Waals surface area contributed by atoms with Crippen molar-refractivity contribution in [1.82, 2.24) is 24.5 Å². The van der Waals surface area contributed by atoms with Gasteiger partial charge in [0, 0.05) is 44.0 Å². The molecule has 2 saturated heterocycles. The van der Waals surface area contributed by atoms with E-state index in [0.29, 0.717) is 32.1 Å². The first-order valence-corrected chi connectivity index (χ1v) is 12.7. The molecule has 0 aromatic carbocycles. The van der Waals surface area contributed by atoms with E-state index in [-0.39, 0.29) is 12.1 Å². The lowest BCUT2D eigenvalue weighted by Crippen LogP contribution is -2.47. The second-order valence-electron chi connectivity index (χ2n) is 10.4. The second-order valence-corrected chi connectivity index (χ2v) is 10.4. The first-order valence-electron chi connectivity index (χ1n) is 12.7. The number of carbonyl (C=O) groups is 1. The molecule has 0 unspecified atom stereocenters. The van der Waals surface area contributed by atoms with Crippen LogP contribution in [0, 0.1) is 6.92 Å². The number of aromatic nitrogens is 4. The van der Waals surface area contributed by atoms with Crippen LogP contribution < -0.4 is 10.2 Å². The minimum absolute atomic E-state index is 0.0640. The molecule has 5 heterocycles. The fraction of sp³-hybridized carbons (Fsp3) is 0.538. The molecule has 0 aliphatic carbocycles. The molecule has 0 radical (unpaired) electrons. The third kappa shape index (κ3) is 5.23. The lowest BCUT2D eigenvalue weighted by atomic mass is 10.1. The average molecular weight is 494 g/mol. The molecule has 1 N–H and O–H groups in total. The monoisotopic (exact) mass is 493 g/mol. The van der Waals surface area contributed by atoms with Gasteiger partial charge in [-0.15, -0.1) is 0 Å². The Morgan fingerprint density at radius 2 is 1.97 bits per heavy atom. The Morgan fingerprint density at radius 1 is 1.17 bits per heavy atom. The molecule has 2 fully saturated rings. The van der Waals surface area contributed by atoms with Gasteiger partial charge in [-0.05, 0) is 52.7 Å². The van der Waals surface area contributed by atoms with Gasteiger partial charge in [-0.2, -0.15) is 5.10 Å². The van der Waals surface area contributed by atoms with Crippen LogP contribution in [0.15, 0.2) is 30.6 Å². The van der Waals surface area contributed by atoms with Crippen LogP contribution in [0.4, 0.5) is 16.4 Å². The molecular weight excluding hydrogens is 458 g/mol. The quantitative estimate of drug-likeness (QED) is 0.587. The second kappa shape index (κ2) is 9.93. The van der Waals surface area contributed by atoms with Gasteiger partial charge in [-0.3, -0.25) is 0 Å². The van der Waals surface area contributed by atoms with Gasteiger partial charge in [-0.1, -0.05) is 6.07 Å². The SMILES string of the molecule is Cc1c(N[C@@H]2CCCN(C(=O)OC(C)(C)C)C2)nc(-c2cnn3ccccc23)nc1N1CCOCC1. The van der Waals surface area contributed by atoms with Crippen LogP contribution in [0.25, 0.3) is 16.9 Å². The summed E-state index contributed by atoms with van der Waals surface area (Å²) in [6.45, 7) is 11.9. The number of piperidine rings is 1. The number of hydrogen-bond acceptors (Lipinski definition) is 8. The Morgan fingerprint density at radius 3 is 2.75 bits per heavy atom. The molecule has 3 aromatic heterocycles. The number of rotatable bonds is 4. The maximum Gasteiger partial charge on any atom is 0.410 e. The number of ether oxygens (including phenoxy) is 2. The zero-order valence-corrected chi connectivity index (χ0v) is 21.5. The minimum atomic E-state index is -0.517. The third-order valence-electron chi connectivity index (χ3n) is 6.51. The molecule has 1 atom stereocenters. The molecule has 10 nitrogen and oxygen atoms in total. The van der Waals surface area contributed by atoms with Crippen LogP contribution in [0.1, 0.15) is 39.2 Å². The molecule has 0 bridgehead atoms. The molecule has 0 spiro atoms. The summed E-state index contributed by atoms with van der Waals surface area (Å²) in [5.41, 5.74) is 2.31. The summed E-state index contributed by atoms with van der Waals surface area (Å²) >= 11 is 0. The van der Waals surface area contributed by atoms with Gasteiger partial charge in [0.1, 0.15) is 17.2 Å². The minimum Gasteiger partial charge on any atom is -0.444 e. The predicted octanol–water partition coefficient (Wildman–Crippen LogP) is 3.75. The summed E-state index contributed by atoms with van der Waals surface area (Å²) < 4.78 is 13.0. The van der Waals surface area contributed by atoms with Crippen LogP contribution in [-0.4, -0.2) is 81.6 Å². The number of fused-ring (bicyclic) bond motifs is 1. The predicted molar refractivity (Wildman–Crippen MR) is 138 cm³/mol. The van der Waals surface area contributed by atoms with Crippen molar-refractivity contribution >= 4 is 23.2 Å².